The zero-order chi connectivity index (χ0) is 13.9. The van der Waals surface area contributed by atoms with Crippen molar-refractivity contribution in [3.05, 3.63) is 29.6 Å². The molecular weight excluding hydrogens is 263 g/mol. The Labute approximate surface area is 117 Å². The molecule has 1 amide bonds. The first kappa shape index (κ1) is 14.2. The molecule has 0 atom stereocenters. The van der Waals surface area contributed by atoms with Crippen LogP contribution in [0.5, 0.6) is 0 Å². The van der Waals surface area contributed by atoms with E-state index in [1.807, 2.05) is 0 Å². The Balaban J connectivity index is 2.03. The number of nitrogens with one attached hydrogen (secondary N) is 1. The van der Waals surface area contributed by atoms with Crippen LogP contribution in [0.4, 0.5) is 10.1 Å². The molecule has 0 unspecified atom stereocenters. The Morgan fingerprint density at radius 1 is 1.47 bits per heavy atom. The van der Waals surface area contributed by atoms with Crippen molar-refractivity contribution in [3.63, 3.8) is 0 Å². The van der Waals surface area contributed by atoms with Gasteiger partial charge in [0, 0.05) is 17.0 Å². The molecule has 1 aliphatic rings. The molecule has 0 aliphatic heterocycles. The number of hydrogen-bond acceptors (Lipinski definition) is 3. The van der Waals surface area contributed by atoms with E-state index in [4.69, 9.17) is 5.73 Å². The summed E-state index contributed by atoms with van der Waals surface area (Å²) in [6.07, 6.45) is 6.73. The summed E-state index contributed by atoms with van der Waals surface area (Å²) in [6.45, 7) is 0.614. The van der Waals surface area contributed by atoms with Gasteiger partial charge in [0.1, 0.15) is 5.82 Å². The fourth-order valence-corrected chi connectivity index (χ4v) is 3.45. The number of halogens is 1. The Morgan fingerprint density at radius 2 is 2.16 bits per heavy atom. The molecule has 0 saturated heterocycles. The maximum absolute atomic E-state index is 13.2. The SMILES string of the molecule is CSC1(CNC(=O)c2cc(F)ccc2N)CCCC1. The third kappa shape index (κ3) is 3.21. The Kier molecular flexibility index (Phi) is 4.34. The van der Waals surface area contributed by atoms with Gasteiger partial charge in [-0.05, 0) is 37.3 Å². The van der Waals surface area contributed by atoms with E-state index in [0.29, 0.717) is 12.2 Å². The van der Waals surface area contributed by atoms with Gasteiger partial charge in [0.05, 0.1) is 5.56 Å². The zero-order valence-corrected chi connectivity index (χ0v) is 11.9. The average molecular weight is 282 g/mol. The second-order valence-corrected chi connectivity index (χ2v) is 6.28. The number of carbonyl (C=O) groups is 1. The number of rotatable bonds is 4. The first-order valence-corrected chi connectivity index (χ1v) is 7.67. The Morgan fingerprint density at radius 3 is 2.79 bits per heavy atom. The van der Waals surface area contributed by atoms with Crippen LogP contribution in [-0.2, 0) is 0 Å². The van der Waals surface area contributed by atoms with Crippen molar-refractivity contribution in [2.24, 2.45) is 0 Å². The predicted octanol–water partition coefficient (Wildman–Crippen LogP) is 2.81. The molecule has 1 saturated carbocycles. The van der Waals surface area contributed by atoms with Gasteiger partial charge in [-0.1, -0.05) is 12.8 Å². The number of thioether (sulfide) groups is 1. The van der Waals surface area contributed by atoms with Crippen LogP contribution in [0.2, 0.25) is 0 Å². The van der Waals surface area contributed by atoms with Crippen LogP contribution in [0, 0.1) is 5.82 Å². The Bertz CT molecular complexity index is 473. The van der Waals surface area contributed by atoms with Gasteiger partial charge in [-0.15, -0.1) is 0 Å². The minimum Gasteiger partial charge on any atom is -0.398 e. The van der Waals surface area contributed by atoms with E-state index in [2.05, 4.69) is 11.6 Å². The van der Waals surface area contributed by atoms with Crippen LogP contribution in [-0.4, -0.2) is 23.5 Å². The molecule has 0 radical (unpaired) electrons. The van der Waals surface area contributed by atoms with Gasteiger partial charge >= 0.3 is 0 Å². The summed E-state index contributed by atoms with van der Waals surface area (Å²) in [6, 6.07) is 3.86. The third-order valence-electron chi connectivity index (χ3n) is 3.78. The summed E-state index contributed by atoms with van der Waals surface area (Å²) in [4.78, 5) is 12.1. The largest absolute Gasteiger partial charge is 0.398 e. The fourth-order valence-electron chi connectivity index (χ4n) is 2.53. The van der Waals surface area contributed by atoms with Crippen LogP contribution in [0.1, 0.15) is 36.0 Å². The highest BCUT2D eigenvalue weighted by Gasteiger charge is 2.33. The topological polar surface area (TPSA) is 55.1 Å². The summed E-state index contributed by atoms with van der Waals surface area (Å²) >= 11 is 1.80. The lowest BCUT2D eigenvalue weighted by molar-refractivity contribution is 0.0950. The molecule has 19 heavy (non-hydrogen) atoms. The first-order valence-electron chi connectivity index (χ1n) is 6.45. The minimum absolute atomic E-state index is 0.137. The molecule has 1 aliphatic carbocycles. The summed E-state index contributed by atoms with van der Waals surface area (Å²) in [5, 5.41) is 2.89. The molecule has 3 N–H and O–H groups in total. The molecule has 3 nitrogen and oxygen atoms in total. The van der Waals surface area contributed by atoms with Crippen molar-refractivity contribution < 1.29 is 9.18 Å². The van der Waals surface area contributed by atoms with E-state index in [1.54, 1.807) is 11.8 Å². The smallest absolute Gasteiger partial charge is 0.253 e. The average Bonchev–Trinajstić information content (AvgIpc) is 2.88. The van der Waals surface area contributed by atoms with Gasteiger partial charge in [-0.2, -0.15) is 11.8 Å². The lowest BCUT2D eigenvalue weighted by Crippen LogP contribution is -2.38. The summed E-state index contributed by atoms with van der Waals surface area (Å²) < 4.78 is 13.3. The molecule has 5 heteroatoms. The predicted molar refractivity (Wildman–Crippen MR) is 77.9 cm³/mol. The van der Waals surface area contributed by atoms with Crippen molar-refractivity contribution in [1.29, 1.82) is 0 Å². The molecule has 0 bridgehead atoms. The normalized spacial score (nSPS) is 17.4. The second kappa shape index (κ2) is 5.82. The maximum Gasteiger partial charge on any atom is 0.253 e. The highest BCUT2D eigenvalue weighted by atomic mass is 32.2. The van der Waals surface area contributed by atoms with Crippen LogP contribution < -0.4 is 11.1 Å². The number of carbonyl (C=O) groups excluding carboxylic acids is 1. The number of hydrogen-bond donors (Lipinski definition) is 2. The maximum atomic E-state index is 13.2. The van der Waals surface area contributed by atoms with E-state index >= 15 is 0 Å². The van der Waals surface area contributed by atoms with Gasteiger partial charge in [0.15, 0.2) is 0 Å². The van der Waals surface area contributed by atoms with Crippen molar-refractivity contribution in [3.8, 4) is 0 Å². The van der Waals surface area contributed by atoms with Crippen LogP contribution in [0.25, 0.3) is 0 Å². The van der Waals surface area contributed by atoms with Crippen LogP contribution in [0.15, 0.2) is 18.2 Å². The molecule has 2 rings (SSSR count). The van der Waals surface area contributed by atoms with Crippen molar-refractivity contribution in [1.82, 2.24) is 5.32 Å². The van der Waals surface area contributed by atoms with E-state index < -0.39 is 5.82 Å². The van der Waals surface area contributed by atoms with Crippen molar-refractivity contribution in [2.75, 3.05) is 18.5 Å². The number of anilines is 1. The Hall–Kier alpha value is -1.23. The highest BCUT2D eigenvalue weighted by Crippen LogP contribution is 2.39. The first-order chi connectivity index (χ1) is 9.06. The number of nitrogen functional groups attached to an aromatic ring is 1. The minimum atomic E-state index is -0.445. The third-order valence-corrected chi connectivity index (χ3v) is 5.20. The van der Waals surface area contributed by atoms with E-state index in [-0.39, 0.29) is 16.2 Å². The van der Waals surface area contributed by atoms with Gasteiger partial charge in [0.2, 0.25) is 0 Å². The number of benzene rings is 1. The standard InChI is InChI=1S/C14H19FN2OS/c1-19-14(6-2-3-7-14)9-17-13(18)11-8-10(15)4-5-12(11)16/h4-5,8H,2-3,6-7,9,16H2,1H3,(H,17,18). The quantitative estimate of drug-likeness (QED) is 0.835. The number of nitrogens with two attached hydrogens (primary N) is 1. The van der Waals surface area contributed by atoms with Crippen molar-refractivity contribution >= 4 is 23.4 Å². The van der Waals surface area contributed by atoms with E-state index in [1.165, 1.54) is 31.0 Å². The molecule has 1 fully saturated rings. The zero-order valence-electron chi connectivity index (χ0n) is 11.0. The molecular formula is C14H19FN2OS. The molecule has 1 aromatic carbocycles. The summed E-state index contributed by atoms with van der Waals surface area (Å²) in [7, 11) is 0. The molecule has 1 aromatic rings. The lowest BCUT2D eigenvalue weighted by atomic mass is 10.1. The molecule has 0 heterocycles. The van der Waals surface area contributed by atoms with Gasteiger partial charge in [-0.25, -0.2) is 4.39 Å². The summed E-state index contributed by atoms with van der Waals surface area (Å²) in [5.74, 6) is -0.739. The summed E-state index contributed by atoms with van der Waals surface area (Å²) in [5.41, 5.74) is 6.23. The highest BCUT2D eigenvalue weighted by molar-refractivity contribution is 8.00. The lowest BCUT2D eigenvalue weighted by Gasteiger charge is -2.27. The van der Waals surface area contributed by atoms with Crippen LogP contribution >= 0.6 is 11.8 Å². The molecule has 104 valence electrons. The van der Waals surface area contributed by atoms with E-state index in [0.717, 1.165) is 12.8 Å². The van der Waals surface area contributed by atoms with Gasteiger partial charge in [0.25, 0.3) is 5.91 Å². The molecule has 0 aromatic heterocycles. The van der Waals surface area contributed by atoms with Gasteiger partial charge < -0.3 is 11.1 Å². The van der Waals surface area contributed by atoms with Crippen molar-refractivity contribution in [2.45, 2.75) is 30.4 Å². The van der Waals surface area contributed by atoms with Crippen LogP contribution in [0.3, 0.4) is 0 Å². The van der Waals surface area contributed by atoms with Gasteiger partial charge in [-0.3, -0.25) is 4.79 Å². The van der Waals surface area contributed by atoms with E-state index in [9.17, 15) is 9.18 Å². The second-order valence-electron chi connectivity index (χ2n) is 5.01. The molecule has 0 spiro atoms. The number of amides is 1. The fraction of sp³-hybridized carbons (Fsp3) is 0.500. The monoisotopic (exact) mass is 282 g/mol.